The summed E-state index contributed by atoms with van der Waals surface area (Å²) < 4.78 is 0.910. The molecule has 94 valence electrons. The van der Waals surface area contributed by atoms with Gasteiger partial charge in [0.15, 0.2) is 0 Å². The minimum absolute atomic E-state index is 0.124. The van der Waals surface area contributed by atoms with Crippen LogP contribution in [-0.4, -0.2) is 17.6 Å². The molecule has 0 aliphatic carbocycles. The molecule has 2 N–H and O–H groups in total. The van der Waals surface area contributed by atoms with Crippen molar-refractivity contribution >= 4 is 33.2 Å². The second-order valence-corrected chi connectivity index (χ2v) is 6.05. The molecule has 0 saturated heterocycles. The largest absolute Gasteiger partial charge is 0.394 e. The first kappa shape index (κ1) is 13.3. The van der Waals surface area contributed by atoms with Crippen LogP contribution in [0, 0.1) is 0 Å². The van der Waals surface area contributed by atoms with E-state index in [-0.39, 0.29) is 18.6 Å². The van der Waals surface area contributed by atoms with Gasteiger partial charge in [-0.3, -0.25) is 4.79 Å². The molecule has 0 aliphatic heterocycles. The van der Waals surface area contributed by atoms with E-state index in [2.05, 4.69) is 21.2 Å². The highest BCUT2D eigenvalue weighted by Gasteiger charge is 2.15. The zero-order valence-corrected chi connectivity index (χ0v) is 11.9. The van der Waals surface area contributed by atoms with E-state index in [0.717, 1.165) is 9.35 Å². The normalized spacial score (nSPS) is 12.1. The lowest BCUT2D eigenvalue weighted by Crippen LogP contribution is -2.30. The third kappa shape index (κ3) is 3.19. The number of hydrogen-bond acceptors (Lipinski definition) is 3. The first-order valence-corrected chi connectivity index (χ1v) is 7.08. The summed E-state index contributed by atoms with van der Waals surface area (Å²) in [5.41, 5.74) is 1.49. The molecule has 1 atom stereocenters. The fourth-order valence-electron chi connectivity index (χ4n) is 1.59. The van der Waals surface area contributed by atoms with E-state index in [0.29, 0.717) is 5.56 Å². The second kappa shape index (κ2) is 6.13. The summed E-state index contributed by atoms with van der Waals surface area (Å²) in [4.78, 5) is 12.0. The molecule has 0 aliphatic rings. The number of carbonyl (C=O) groups excluding carboxylic acids is 1. The zero-order chi connectivity index (χ0) is 13.0. The summed E-state index contributed by atoms with van der Waals surface area (Å²) in [6.07, 6.45) is 0. The maximum atomic E-state index is 12.0. The van der Waals surface area contributed by atoms with Crippen LogP contribution in [0.2, 0.25) is 0 Å². The Morgan fingerprint density at radius 2 is 2.11 bits per heavy atom. The number of thiophene rings is 1. The molecular weight excluding hydrogens is 314 g/mol. The van der Waals surface area contributed by atoms with Crippen LogP contribution in [0.1, 0.15) is 22.0 Å². The van der Waals surface area contributed by atoms with Crippen molar-refractivity contribution in [2.75, 3.05) is 6.61 Å². The molecule has 3 nitrogen and oxygen atoms in total. The number of aliphatic hydroxyl groups excluding tert-OH is 1. The average Bonchev–Trinajstić information content (AvgIpc) is 2.83. The van der Waals surface area contributed by atoms with E-state index >= 15 is 0 Å². The average molecular weight is 326 g/mol. The summed E-state index contributed by atoms with van der Waals surface area (Å²) in [7, 11) is 0. The summed E-state index contributed by atoms with van der Waals surface area (Å²) in [6.45, 7) is -0.124. The van der Waals surface area contributed by atoms with Gasteiger partial charge in [-0.15, -0.1) is 11.3 Å². The van der Waals surface area contributed by atoms with Crippen LogP contribution in [0.5, 0.6) is 0 Å². The Kier molecular flexibility index (Phi) is 4.52. The van der Waals surface area contributed by atoms with Crippen LogP contribution < -0.4 is 5.32 Å². The number of carbonyl (C=O) groups is 1. The number of halogens is 1. The molecule has 1 aromatic carbocycles. The lowest BCUT2D eigenvalue weighted by molar-refractivity contribution is 0.0916. The van der Waals surface area contributed by atoms with Crippen molar-refractivity contribution in [3.05, 3.63) is 56.7 Å². The van der Waals surface area contributed by atoms with Crippen LogP contribution in [0.15, 0.2) is 45.6 Å². The van der Waals surface area contributed by atoms with E-state index in [4.69, 9.17) is 0 Å². The van der Waals surface area contributed by atoms with Gasteiger partial charge < -0.3 is 10.4 Å². The molecule has 0 bridgehead atoms. The van der Waals surface area contributed by atoms with E-state index < -0.39 is 0 Å². The summed E-state index contributed by atoms with van der Waals surface area (Å²) in [5, 5.41) is 13.9. The number of benzene rings is 1. The Hall–Kier alpha value is -1.17. The first-order valence-electron chi connectivity index (χ1n) is 5.41. The van der Waals surface area contributed by atoms with Crippen LogP contribution in [0.4, 0.5) is 0 Å². The SMILES string of the molecule is O=C(N[C@H](CO)c1ccccc1)c1csc(Br)c1. The fraction of sp³-hybridized carbons (Fsp3) is 0.154. The molecule has 1 heterocycles. The molecule has 0 saturated carbocycles. The fourth-order valence-corrected chi connectivity index (χ4v) is 2.73. The van der Waals surface area contributed by atoms with Gasteiger partial charge in [-0.2, -0.15) is 0 Å². The maximum absolute atomic E-state index is 12.0. The Morgan fingerprint density at radius 1 is 1.39 bits per heavy atom. The summed E-state index contributed by atoms with van der Waals surface area (Å²) in [5.74, 6) is -0.181. The molecule has 1 aromatic heterocycles. The summed E-state index contributed by atoms with van der Waals surface area (Å²) >= 11 is 4.77. The van der Waals surface area contributed by atoms with Crippen molar-refractivity contribution in [3.8, 4) is 0 Å². The third-order valence-corrected chi connectivity index (χ3v) is 4.02. The number of amides is 1. The lowest BCUT2D eigenvalue weighted by Gasteiger charge is -2.16. The molecule has 2 aromatic rings. The van der Waals surface area contributed by atoms with Gasteiger partial charge in [0.25, 0.3) is 5.91 Å². The monoisotopic (exact) mass is 325 g/mol. The molecule has 0 spiro atoms. The van der Waals surface area contributed by atoms with Crippen LogP contribution in [0.3, 0.4) is 0 Å². The summed E-state index contributed by atoms with van der Waals surface area (Å²) in [6, 6.07) is 10.8. The standard InChI is InChI=1S/C13H12BrNO2S/c14-12-6-10(8-18-12)13(17)15-11(7-16)9-4-2-1-3-5-9/h1-6,8,11,16H,7H2,(H,15,17)/t11-/m1/s1. The van der Waals surface area contributed by atoms with Gasteiger partial charge in [-0.1, -0.05) is 30.3 Å². The highest BCUT2D eigenvalue weighted by Crippen LogP contribution is 2.21. The second-order valence-electron chi connectivity index (χ2n) is 3.76. The molecule has 1 amide bonds. The molecule has 0 radical (unpaired) electrons. The minimum Gasteiger partial charge on any atom is -0.394 e. The molecule has 2 rings (SSSR count). The van der Waals surface area contributed by atoms with Gasteiger partial charge in [0, 0.05) is 5.38 Å². The quantitative estimate of drug-likeness (QED) is 0.907. The van der Waals surface area contributed by atoms with Crippen molar-refractivity contribution in [3.63, 3.8) is 0 Å². The Labute approximate surface area is 118 Å². The van der Waals surface area contributed by atoms with Gasteiger partial charge in [-0.25, -0.2) is 0 Å². The van der Waals surface area contributed by atoms with Crippen LogP contribution >= 0.6 is 27.3 Å². The topological polar surface area (TPSA) is 49.3 Å². The van der Waals surface area contributed by atoms with Crippen molar-refractivity contribution in [2.24, 2.45) is 0 Å². The van der Waals surface area contributed by atoms with Gasteiger partial charge >= 0.3 is 0 Å². The van der Waals surface area contributed by atoms with Gasteiger partial charge in [0.2, 0.25) is 0 Å². The minimum atomic E-state index is -0.377. The Balaban J connectivity index is 2.10. The van der Waals surface area contributed by atoms with E-state index in [9.17, 15) is 9.90 Å². The molecule has 5 heteroatoms. The predicted octanol–water partition coefficient (Wildman–Crippen LogP) is 2.97. The van der Waals surface area contributed by atoms with E-state index in [1.165, 1.54) is 11.3 Å². The maximum Gasteiger partial charge on any atom is 0.252 e. The Bertz CT molecular complexity index is 527. The van der Waals surface area contributed by atoms with Gasteiger partial charge in [0.05, 0.1) is 22.0 Å². The van der Waals surface area contributed by atoms with Gasteiger partial charge in [-0.05, 0) is 27.6 Å². The highest BCUT2D eigenvalue weighted by molar-refractivity contribution is 9.11. The zero-order valence-electron chi connectivity index (χ0n) is 9.47. The third-order valence-electron chi connectivity index (χ3n) is 2.52. The highest BCUT2D eigenvalue weighted by atomic mass is 79.9. The predicted molar refractivity (Wildman–Crippen MR) is 75.8 cm³/mol. The van der Waals surface area contributed by atoms with Crippen molar-refractivity contribution in [1.29, 1.82) is 0 Å². The van der Waals surface area contributed by atoms with Crippen molar-refractivity contribution in [2.45, 2.75) is 6.04 Å². The van der Waals surface area contributed by atoms with Crippen molar-refractivity contribution in [1.82, 2.24) is 5.32 Å². The number of aliphatic hydroxyl groups is 1. The molecular formula is C13H12BrNO2S. The van der Waals surface area contributed by atoms with Gasteiger partial charge in [0.1, 0.15) is 0 Å². The first-order chi connectivity index (χ1) is 8.70. The van der Waals surface area contributed by atoms with Crippen LogP contribution in [0.25, 0.3) is 0 Å². The lowest BCUT2D eigenvalue weighted by atomic mass is 10.1. The van der Waals surface area contributed by atoms with E-state index in [1.54, 1.807) is 11.4 Å². The van der Waals surface area contributed by atoms with Crippen molar-refractivity contribution < 1.29 is 9.90 Å². The number of hydrogen-bond donors (Lipinski definition) is 2. The number of rotatable bonds is 4. The smallest absolute Gasteiger partial charge is 0.252 e. The van der Waals surface area contributed by atoms with E-state index in [1.807, 2.05) is 30.3 Å². The van der Waals surface area contributed by atoms with Crippen LogP contribution in [-0.2, 0) is 0 Å². The Morgan fingerprint density at radius 3 is 2.67 bits per heavy atom. The number of nitrogens with one attached hydrogen (secondary N) is 1. The molecule has 0 fully saturated rings. The molecule has 0 unspecified atom stereocenters. The molecule has 18 heavy (non-hydrogen) atoms.